The molecule has 5 heteroatoms. The van der Waals surface area contributed by atoms with Crippen LogP contribution in [0.1, 0.15) is 43.9 Å². The molecule has 0 unspecified atom stereocenters. The Hall–Kier alpha value is -1.33. The molecule has 0 radical (unpaired) electrons. The van der Waals surface area contributed by atoms with Crippen molar-refractivity contribution in [1.82, 2.24) is 14.9 Å². The fraction of sp³-hybridized carbons (Fsp3) is 0.500. The van der Waals surface area contributed by atoms with E-state index in [4.69, 9.17) is 0 Å². The van der Waals surface area contributed by atoms with Crippen LogP contribution in [0.25, 0.3) is 0 Å². The van der Waals surface area contributed by atoms with Gasteiger partial charge in [-0.15, -0.1) is 0 Å². The van der Waals surface area contributed by atoms with Gasteiger partial charge >= 0.3 is 0 Å². The lowest BCUT2D eigenvalue weighted by Gasteiger charge is -2.31. The SMILES string of the molecule is CCn1c(CNC2(c3ccccc3F)CCCC2)cnc1SC. The number of aromatic nitrogens is 2. The molecule has 0 amide bonds. The number of hydrogen-bond donors (Lipinski definition) is 1. The maximum Gasteiger partial charge on any atom is 0.167 e. The highest BCUT2D eigenvalue weighted by atomic mass is 32.2. The standard InChI is InChI=1S/C18H24FN3S/c1-3-22-14(12-20-17(22)23-2)13-21-18(10-6-7-11-18)15-8-4-5-9-16(15)19/h4-5,8-9,12,21H,3,6-7,10-11,13H2,1-2H3. The molecule has 1 aromatic heterocycles. The molecular weight excluding hydrogens is 309 g/mol. The molecule has 3 rings (SSSR count). The van der Waals surface area contributed by atoms with Crippen molar-refractivity contribution < 1.29 is 4.39 Å². The first kappa shape index (κ1) is 16.5. The molecule has 1 fully saturated rings. The maximum atomic E-state index is 14.4. The number of hydrogen-bond acceptors (Lipinski definition) is 3. The van der Waals surface area contributed by atoms with Gasteiger partial charge in [0.1, 0.15) is 5.82 Å². The smallest absolute Gasteiger partial charge is 0.167 e. The Morgan fingerprint density at radius 2 is 2.04 bits per heavy atom. The Morgan fingerprint density at radius 1 is 1.30 bits per heavy atom. The van der Waals surface area contributed by atoms with Gasteiger partial charge in [0.25, 0.3) is 0 Å². The summed E-state index contributed by atoms with van der Waals surface area (Å²) in [5, 5.41) is 4.71. The summed E-state index contributed by atoms with van der Waals surface area (Å²) >= 11 is 1.66. The molecule has 0 aliphatic heterocycles. The molecule has 0 atom stereocenters. The van der Waals surface area contributed by atoms with Crippen LogP contribution in [0.5, 0.6) is 0 Å². The maximum absolute atomic E-state index is 14.4. The molecule has 1 heterocycles. The largest absolute Gasteiger partial charge is 0.322 e. The molecule has 1 N–H and O–H groups in total. The fourth-order valence-corrected chi connectivity index (χ4v) is 4.29. The number of thioether (sulfide) groups is 1. The van der Waals surface area contributed by atoms with Crippen LogP contribution in [-0.4, -0.2) is 15.8 Å². The van der Waals surface area contributed by atoms with Gasteiger partial charge in [0.15, 0.2) is 5.16 Å². The van der Waals surface area contributed by atoms with Crippen molar-refractivity contribution in [3.05, 3.63) is 47.5 Å². The van der Waals surface area contributed by atoms with Crippen LogP contribution >= 0.6 is 11.8 Å². The van der Waals surface area contributed by atoms with E-state index in [1.54, 1.807) is 23.9 Å². The molecule has 0 bridgehead atoms. The van der Waals surface area contributed by atoms with Crippen molar-refractivity contribution in [3.8, 4) is 0 Å². The number of nitrogens with one attached hydrogen (secondary N) is 1. The molecular formula is C18H24FN3S. The Kier molecular flexibility index (Phi) is 5.07. The van der Waals surface area contributed by atoms with Crippen LogP contribution in [0.4, 0.5) is 4.39 Å². The van der Waals surface area contributed by atoms with Crippen molar-refractivity contribution in [2.75, 3.05) is 6.26 Å². The van der Waals surface area contributed by atoms with Gasteiger partial charge in [-0.25, -0.2) is 9.37 Å². The van der Waals surface area contributed by atoms with Crippen LogP contribution in [-0.2, 0) is 18.6 Å². The Bertz CT molecular complexity index is 662. The molecule has 124 valence electrons. The zero-order valence-corrected chi connectivity index (χ0v) is 14.6. The van der Waals surface area contributed by atoms with E-state index in [0.29, 0.717) is 0 Å². The van der Waals surface area contributed by atoms with Gasteiger partial charge < -0.3 is 9.88 Å². The second-order valence-corrected chi connectivity index (χ2v) is 6.88. The number of rotatable bonds is 6. The van der Waals surface area contributed by atoms with Gasteiger partial charge in [-0.1, -0.05) is 42.8 Å². The fourth-order valence-electron chi connectivity index (χ4n) is 3.66. The van der Waals surface area contributed by atoms with E-state index in [1.165, 1.54) is 5.69 Å². The molecule has 3 nitrogen and oxygen atoms in total. The van der Waals surface area contributed by atoms with Gasteiger partial charge in [0, 0.05) is 24.2 Å². The summed E-state index contributed by atoms with van der Waals surface area (Å²) in [7, 11) is 0. The molecule has 1 saturated carbocycles. The lowest BCUT2D eigenvalue weighted by atomic mass is 9.87. The van der Waals surface area contributed by atoms with Crippen LogP contribution < -0.4 is 5.32 Å². The Morgan fingerprint density at radius 3 is 2.70 bits per heavy atom. The third-order valence-corrected chi connectivity index (χ3v) is 5.55. The average molecular weight is 333 g/mol. The van der Waals surface area contributed by atoms with E-state index in [2.05, 4.69) is 21.8 Å². The average Bonchev–Trinajstić information content (AvgIpc) is 3.20. The third-order valence-electron chi connectivity index (χ3n) is 4.85. The van der Waals surface area contributed by atoms with E-state index in [1.807, 2.05) is 24.6 Å². The van der Waals surface area contributed by atoms with E-state index in [0.717, 1.165) is 49.5 Å². The molecule has 1 aliphatic rings. The number of halogens is 1. The predicted octanol–water partition coefficient (Wildman–Crippen LogP) is 4.32. The summed E-state index contributed by atoms with van der Waals surface area (Å²) < 4.78 is 16.6. The van der Waals surface area contributed by atoms with Gasteiger partial charge in [-0.2, -0.15) is 0 Å². The van der Waals surface area contributed by atoms with Crippen LogP contribution in [0.3, 0.4) is 0 Å². The van der Waals surface area contributed by atoms with E-state index >= 15 is 0 Å². The minimum absolute atomic E-state index is 0.101. The van der Waals surface area contributed by atoms with Crippen molar-refractivity contribution in [2.24, 2.45) is 0 Å². The van der Waals surface area contributed by atoms with E-state index < -0.39 is 0 Å². The summed E-state index contributed by atoms with van der Waals surface area (Å²) in [6.45, 7) is 3.75. The Balaban J connectivity index is 1.84. The highest BCUT2D eigenvalue weighted by Gasteiger charge is 2.37. The molecule has 1 aliphatic carbocycles. The minimum atomic E-state index is -0.242. The number of benzene rings is 1. The third kappa shape index (κ3) is 3.17. The summed E-state index contributed by atoms with van der Waals surface area (Å²) in [5.41, 5.74) is 1.73. The summed E-state index contributed by atoms with van der Waals surface area (Å²) in [6.07, 6.45) is 8.25. The summed E-state index contributed by atoms with van der Waals surface area (Å²) in [4.78, 5) is 4.48. The quantitative estimate of drug-likeness (QED) is 0.798. The highest BCUT2D eigenvalue weighted by molar-refractivity contribution is 7.98. The second-order valence-electron chi connectivity index (χ2n) is 6.10. The van der Waals surface area contributed by atoms with Crippen molar-refractivity contribution in [1.29, 1.82) is 0 Å². The van der Waals surface area contributed by atoms with Gasteiger partial charge in [0.05, 0.1) is 11.9 Å². The topological polar surface area (TPSA) is 29.9 Å². The lowest BCUT2D eigenvalue weighted by molar-refractivity contribution is 0.321. The molecule has 23 heavy (non-hydrogen) atoms. The van der Waals surface area contributed by atoms with Crippen LogP contribution in [0.2, 0.25) is 0 Å². The summed E-state index contributed by atoms with van der Waals surface area (Å²) in [5.74, 6) is -0.101. The summed E-state index contributed by atoms with van der Waals surface area (Å²) in [6, 6.07) is 7.19. The van der Waals surface area contributed by atoms with Crippen molar-refractivity contribution in [3.63, 3.8) is 0 Å². The highest BCUT2D eigenvalue weighted by Crippen LogP contribution is 2.40. The lowest BCUT2D eigenvalue weighted by Crippen LogP contribution is -2.40. The number of nitrogens with zero attached hydrogens (tertiary/aromatic N) is 2. The van der Waals surface area contributed by atoms with E-state index in [9.17, 15) is 4.39 Å². The van der Waals surface area contributed by atoms with E-state index in [-0.39, 0.29) is 11.4 Å². The first-order chi connectivity index (χ1) is 11.2. The van der Waals surface area contributed by atoms with Crippen molar-refractivity contribution >= 4 is 11.8 Å². The van der Waals surface area contributed by atoms with Crippen molar-refractivity contribution in [2.45, 2.75) is 56.4 Å². The number of imidazole rings is 1. The first-order valence-electron chi connectivity index (χ1n) is 8.28. The minimum Gasteiger partial charge on any atom is -0.322 e. The second kappa shape index (κ2) is 7.05. The van der Waals surface area contributed by atoms with Gasteiger partial charge in [-0.3, -0.25) is 0 Å². The molecule has 1 aromatic carbocycles. The molecule has 2 aromatic rings. The monoisotopic (exact) mass is 333 g/mol. The van der Waals surface area contributed by atoms with Crippen LogP contribution in [0.15, 0.2) is 35.6 Å². The molecule has 0 spiro atoms. The first-order valence-corrected chi connectivity index (χ1v) is 9.51. The molecule has 0 saturated heterocycles. The zero-order chi connectivity index (χ0) is 16.3. The normalized spacial score (nSPS) is 16.8. The van der Waals surface area contributed by atoms with Gasteiger partial charge in [-0.05, 0) is 32.1 Å². The predicted molar refractivity (Wildman–Crippen MR) is 93.1 cm³/mol. The van der Waals surface area contributed by atoms with Gasteiger partial charge in [0.2, 0.25) is 0 Å². The zero-order valence-electron chi connectivity index (χ0n) is 13.8. The Labute approximate surface area is 141 Å². The van der Waals surface area contributed by atoms with Crippen LogP contribution in [0, 0.1) is 5.82 Å².